The van der Waals surface area contributed by atoms with E-state index in [1.165, 1.54) is 0 Å². The monoisotopic (exact) mass is 317 g/mol. The average molecular weight is 318 g/mol. The molecule has 0 bridgehead atoms. The van der Waals surface area contributed by atoms with E-state index in [-0.39, 0.29) is 11.2 Å². The Balaban J connectivity index is 2.66. The normalized spacial score (nSPS) is 15.9. The van der Waals surface area contributed by atoms with E-state index in [0.717, 1.165) is 5.33 Å². The van der Waals surface area contributed by atoms with Crippen LogP contribution in [0.25, 0.3) is 0 Å². The molecule has 1 aromatic heterocycles. The van der Waals surface area contributed by atoms with E-state index in [1.807, 2.05) is 13.8 Å². The highest BCUT2D eigenvalue weighted by atomic mass is 79.9. The number of rotatable bonds is 4. The fraction of sp³-hybridized carbons (Fsp3) is 0.750. The van der Waals surface area contributed by atoms with Crippen molar-refractivity contribution < 1.29 is 13.2 Å². The van der Waals surface area contributed by atoms with Crippen LogP contribution >= 0.6 is 27.3 Å². The van der Waals surface area contributed by atoms with Crippen molar-refractivity contribution in [3.63, 3.8) is 0 Å². The van der Waals surface area contributed by atoms with Crippen LogP contribution in [0.1, 0.15) is 18.9 Å². The first-order valence-corrected chi connectivity index (χ1v) is 6.51. The molecule has 0 spiro atoms. The molecule has 1 heterocycles. The SMILES string of the molecule is CC(CBr)C(C)Nc1nnc(C(F)(F)F)s1. The fourth-order valence-corrected chi connectivity index (χ4v) is 2.13. The minimum Gasteiger partial charge on any atom is -0.357 e. The van der Waals surface area contributed by atoms with Gasteiger partial charge < -0.3 is 5.32 Å². The molecule has 0 saturated heterocycles. The molecule has 16 heavy (non-hydrogen) atoms. The predicted molar refractivity (Wildman–Crippen MR) is 61.0 cm³/mol. The quantitative estimate of drug-likeness (QED) is 0.865. The average Bonchev–Trinajstić information content (AvgIpc) is 2.64. The molecule has 0 radical (unpaired) electrons. The van der Waals surface area contributed by atoms with Crippen LogP contribution in [0.5, 0.6) is 0 Å². The van der Waals surface area contributed by atoms with Gasteiger partial charge >= 0.3 is 6.18 Å². The number of halogens is 4. The third-order valence-corrected chi connectivity index (χ3v) is 4.04. The minimum absolute atomic E-state index is 0.0356. The smallest absolute Gasteiger partial charge is 0.357 e. The Kier molecular flexibility index (Phi) is 4.54. The molecule has 1 rings (SSSR count). The zero-order valence-corrected chi connectivity index (χ0v) is 11.1. The van der Waals surface area contributed by atoms with Crippen LogP contribution in [0, 0.1) is 5.92 Å². The zero-order chi connectivity index (χ0) is 12.3. The molecule has 0 aliphatic carbocycles. The van der Waals surface area contributed by atoms with Crippen LogP contribution in [0.2, 0.25) is 0 Å². The number of anilines is 1. The minimum atomic E-state index is -4.41. The number of nitrogens with zero attached hydrogens (tertiary/aromatic N) is 2. The second kappa shape index (κ2) is 5.31. The van der Waals surface area contributed by atoms with Crippen LogP contribution in [-0.4, -0.2) is 21.6 Å². The Morgan fingerprint density at radius 2 is 2.00 bits per heavy atom. The summed E-state index contributed by atoms with van der Waals surface area (Å²) in [4.78, 5) is 0. The van der Waals surface area contributed by atoms with Crippen molar-refractivity contribution in [1.82, 2.24) is 10.2 Å². The van der Waals surface area contributed by atoms with Gasteiger partial charge in [-0.05, 0) is 12.8 Å². The molecule has 0 aliphatic heterocycles. The van der Waals surface area contributed by atoms with E-state index >= 15 is 0 Å². The van der Waals surface area contributed by atoms with Gasteiger partial charge in [0.2, 0.25) is 10.1 Å². The first-order valence-electron chi connectivity index (χ1n) is 4.57. The number of hydrogen-bond donors (Lipinski definition) is 1. The lowest BCUT2D eigenvalue weighted by atomic mass is 10.1. The van der Waals surface area contributed by atoms with Gasteiger partial charge in [0.25, 0.3) is 0 Å². The Bertz CT molecular complexity index is 342. The molecule has 1 N–H and O–H groups in total. The van der Waals surface area contributed by atoms with Gasteiger partial charge in [-0.15, -0.1) is 10.2 Å². The first kappa shape index (κ1) is 13.7. The summed E-state index contributed by atoms with van der Waals surface area (Å²) in [6, 6.07) is 0.0356. The van der Waals surface area contributed by atoms with E-state index in [1.54, 1.807) is 0 Å². The Morgan fingerprint density at radius 3 is 2.44 bits per heavy atom. The summed E-state index contributed by atoms with van der Waals surface area (Å²) in [5.41, 5.74) is 0. The first-order chi connectivity index (χ1) is 7.34. The molecule has 0 saturated carbocycles. The lowest BCUT2D eigenvalue weighted by Crippen LogP contribution is -2.24. The summed E-state index contributed by atoms with van der Waals surface area (Å²) in [6.45, 7) is 3.87. The van der Waals surface area contributed by atoms with E-state index in [4.69, 9.17) is 0 Å². The van der Waals surface area contributed by atoms with Crippen LogP contribution in [0.4, 0.5) is 18.3 Å². The molecule has 0 amide bonds. The van der Waals surface area contributed by atoms with Crippen molar-refractivity contribution in [2.24, 2.45) is 5.92 Å². The molecule has 92 valence electrons. The topological polar surface area (TPSA) is 37.8 Å². The van der Waals surface area contributed by atoms with Crippen molar-refractivity contribution in [1.29, 1.82) is 0 Å². The largest absolute Gasteiger partial charge is 0.445 e. The Morgan fingerprint density at radius 1 is 1.38 bits per heavy atom. The van der Waals surface area contributed by atoms with Crippen LogP contribution in [0.3, 0.4) is 0 Å². The third kappa shape index (κ3) is 3.58. The fourth-order valence-electron chi connectivity index (χ4n) is 0.867. The van der Waals surface area contributed by atoms with Crippen molar-refractivity contribution >= 4 is 32.4 Å². The van der Waals surface area contributed by atoms with Gasteiger partial charge in [0, 0.05) is 11.4 Å². The van der Waals surface area contributed by atoms with Crippen LogP contribution < -0.4 is 5.32 Å². The van der Waals surface area contributed by atoms with Crippen molar-refractivity contribution in [2.75, 3.05) is 10.6 Å². The van der Waals surface area contributed by atoms with Gasteiger partial charge in [0.1, 0.15) is 0 Å². The number of aromatic nitrogens is 2. The Hall–Kier alpha value is -0.370. The van der Waals surface area contributed by atoms with Gasteiger partial charge in [-0.1, -0.05) is 34.2 Å². The standard InChI is InChI=1S/C8H11BrF3N3S/c1-4(3-9)5(2)13-7-15-14-6(16-7)8(10,11)12/h4-5H,3H2,1-2H3,(H,13,15). The molecule has 3 nitrogen and oxygen atoms in total. The van der Waals surface area contributed by atoms with Gasteiger partial charge in [0.15, 0.2) is 0 Å². The third-order valence-electron chi connectivity index (χ3n) is 2.12. The number of hydrogen-bond acceptors (Lipinski definition) is 4. The summed E-state index contributed by atoms with van der Waals surface area (Å²) >= 11 is 3.84. The summed E-state index contributed by atoms with van der Waals surface area (Å²) in [5.74, 6) is 0.290. The highest BCUT2D eigenvalue weighted by Gasteiger charge is 2.35. The maximum absolute atomic E-state index is 12.2. The highest BCUT2D eigenvalue weighted by molar-refractivity contribution is 9.09. The van der Waals surface area contributed by atoms with Gasteiger partial charge in [-0.3, -0.25) is 0 Å². The van der Waals surface area contributed by atoms with Crippen LogP contribution in [-0.2, 0) is 6.18 Å². The van der Waals surface area contributed by atoms with Crippen molar-refractivity contribution in [3.05, 3.63) is 5.01 Å². The molecule has 1 aromatic rings. The maximum atomic E-state index is 12.2. The summed E-state index contributed by atoms with van der Waals surface area (Å²) in [5, 5.41) is 9.51. The van der Waals surface area contributed by atoms with Crippen molar-refractivity contribution in [2.45, 2.75) is 26.1 Å². The summed E-state index contributed by atoms with van der Waals surface area (Å²) in [6.07, 6.45) is -4.41. The van der Waals surface area contributed by atoms with Crippen molar-refractivity contribution in [3.8, 4) is 0 Å². The van der Waals surface area contributed by atoms with Gasteiger partial charge in [0.05, 0.1) is 0 Å². The number of alkyl halides is 4. The molecule has 8 heteroatoms. The molecule has 2 unspecified atom stereocenters. The van der Waals surface area contributed by atoms with E-state index in [9.17, 15) is 13.2 Å². The van der Waals surface area contributed by atoms with E-state index in [0.29, 0.717) is 17.3 Å². The number of nitrogens with one attached hydrogen (secondary N) is 1. The van der Waals surface area contributed by atoms with E-state index < -0.39 is 11.2 Å². The predicted octanol–water partition coefficient (Wildman–Crippen LogP) is 3.39. The molecule has 0 aliphatic rings. The summed E-state index contributed by atoms with van der Waals surface area (Å²) in [7, 11) is 0. The molecule has 2 atom stereocenters. The maximum Gasteiger partial charge on any atom is 0.445 e. The zero-order valence-electron chi connectivity index (χ0n) is 8.68. The van der Waals surface area contributed by atoms with E-state index in [2.05, 4.69) is 31.4 Å². The van der Waals surface area contributed by atoms with Crippen LogP contribution in [0.15, 0.2) is 0 Å². The Labute approximate surface area is 104 Å². The molecular weight excluding hydrogens is 307 g/mol. The van der Waals surface area contributed by atoms with Gasteiger partial charge in [-0.2, -0.15) is 13.2 Å². The molecule has 0 aromatic carbocycles. The lowest BCUT2D eigenvalue weighted by molar-refractivity contribution is -0.138. The van der Waals surface area contributed by atoms with Gasteiger partial charge in [-0.25, -0.2) is 0 Å². The molecular formula is C8H11BrF3N3S. The second-order valence-electron chi connectivity index (χ2n) is 3.47. The second-order valence-corrected chi connectivity index (χ2v) is 5.10. The highest BCUT2D eigenvalue weighted by Crippen LogP contribution is 2.33. The lowest BCUT2D eigenvalue weighted by Gasteiger charge is -2.17. The molecule has 0 fully saturated rings. The summed E-state index contributed by atoms with van der Waals surface area (Å²) < 4.78 is 36.7.